The second kappa shape index (κ2) is 6.63. The number of thiophene rings is 1. The Morgan fingerprint density at radius 1 is 1.22 bits per heavy atom. The van der Waals surface area contributed by atoms with Gasteiger partial charge in [-0.05, 0) is 11.4 Å². The first-order valence-electron chi connectivity index (χ1n) is 5.78. The van der Waals surface area contributed by atoms with Gasteiger partial charge in [0.05, 0.1) is 29.6 Å². The maximum atomic E-state index is 5.11. The summed E-state index contributed by atoms with van der Waals surface area (Å²) in [6.45, 7) is 2.81. The van der Waals surface area contributed by atoms with Crippen LogP contribution < -0.4 is 4.90 Å². The number of aromatic nitrogens is 2. The fourth-order valence-electron chi connectivity index (χ4n) is 1.62. The zero-order valence-corrected chi connectivity index (χ0v) is 11.4. The van der Waals surface area contributed by atoms with Crippen LogP contribution in [-0.4, -0.2) is 50.5 Å². The summed E-state index contributed by atoms with van der Waals surface area (Å²) in [4.78, 5) is 11.0. The number of ether oxygens (including phenoxy) is 2. The second-order valence-electron chi connectivity index (χ2n) is 3.81. The van der Waals surface area contributed by atoms with Gasteiger partial charge in [-0.25, -0.2) is 9.97 Å². The van der Waals surface area contributed by atoms with E-state index in [1.165, 1.54) is 0 Å². The van der Waals surface area contributed by atoms with Gasteiger partial charge in [0.15, 0.2) is 0 Å². The molecular formula is C12H17N3O2S. The minimum absolute atomic E-state index is 0.648. The van der Waals surface area contributed by atoms with Crippen molar-refractivity contribution in [3.05, 3.63) is 17.6 Å². The number of hydrogen-bond acceptors (Lipinski definition) is 6. The average molecular weight is 267 g/mol. The van der Waals surface area contributed by atoms with Crippen molar-refractivity contribution >= 4 is 27.5 Å². The molecule has 0 aliphatic heterocycles. The molecule has 0 saturated carbocycles. The molecule has 0 aliphatic rings. The summed E-state index contributed by atoms with van der Waals surface area (Å²) >= 11 is 1.65. The van der Waals surface area contributed by atoms with Crippen LogP contribution in [0.15, 0.2) is 17.6 Å². The summed E-state index contributed by atoms with van der Waals surface area (Å²) in [5.41, 5.74) is 0.991. The van der Waals surface area contributed by atoms with Crippen molar-refractivity contribution in [2.75, 3.05) is 45.4 Å². The maximum Gasteiger partial charge on any atom is 0.226 e. The Kier molecular flexibility index (Phi) is 4.86. The molecule has 0 unspecified atom stereocenters. The van der Waals surface area contributed by atoms with Crippen LogP contribution >= 0.6 is 11.3 Å². The van der Waals surface area contributed by atoms with Gasteiger partial charge in [-0.15, -0.1) is 11.3 Å². The highest BCUT2D eigenvalue weighted by Crippen LogP contribution is 2.20. The highest BCUT2D eigenvalue weighted by Gasteiger charge is 2.10. The van der Waals surface area contributed by atoms with Crippen molar-refractivity contribution in [1.29, 1.82) is 0 Å². The third-order valence-electron chi connectivity index (χ3n) is 2.60. The van der Waals surface area contributed by atoms with Crippen molar-refractivity contribution in [3.63, 3.8) is 0 Å². The van der Waals surface area contributed by atoms with Gasteiger partial charge in [0.1, 0.15) is 0 Å². The van der Waals surface area contributed by atoms with E-state index in [0.29, 0.717) is 13.2 Å². The van der Waals surface area contributed by atoms with Gasteiger partial charge >= 0.3 is 0 Å². The predicted octanol–water partition coefficient (Wildman–Crippen LogP) is 1.79. The van der Waals surface area contributed by atoms with Gasteiger partial charge in [0.2, 0.25) is 5.95 Å². The van der Waals surface area contributed by atoms with Crippen molar-refractivity contribution in [2.24, 2.45) is 0 Å². The van der Waals surface area contributed by atoms with E-state index >= 15 is 0 Å². The van der Waals surface area contributed by atoms with Gasteiger partial charge in [0, 0.05) is 27.3 Å². The van der Waals surface area contributed by atoms with E-state index in [2.05, 4.69) is 14.9 Å². The van der Waals surface area contributed by atoms with E-state index in [4.69, 9.17) is 9.47 Å². The van der Waals surface area contributed by atoms with Crippen LogP contribution in [-0.2, 0) is 9.47 Å². The molecule has 6 heteroatoms. The van der Waals surface area contributed by atoms with Gasteiger partial charge in [-0.2, -0.15) is 0 Å². The van der Waals surface area contributed by atoms with E-state index in [0.717, 1.165) is 29.3 Å². The number of fused-ring (bicyclic) bond motifs is 1. The minimum atomic E-state index is 0.648. The summed E-state index contributed by atoms with van der Waals surface area (Å²) in [5.74, 6) is 0.731. The molecule has 0 spiro atoms. The van der Waals surface area contributed by atoms with Crippen LogP contribution in [0.5, 0.6) is 0 Å². The third kappa shape index (κ3) is 3.16. The fraction of sp³-hybridized carbons (Fsp3) is 0.500. The Labute approximate surface area is 110 Å². The van der Waals surface area contributed by atoms with E-state index in [-0.39, 0.29) is 0 Å². The largest absolute Gasteiger partial charge is 0.383 e. The molecule has 2 heterocycles. The highest BCUT2D eigenvalue weighted by molar-refractivity contribution is 7.17. The van der Waals surface area contributed by atoms with E-state index < -0.39 is 0 Å². The number of anilines is 1. The number of hydrogen-bond donors (Lipinski definition) is 0. The lowest BCUT2D eigenvalue weighted by Crippen LogP contribution is -2.32. The molecule has 18 heavy (non-hydrogen) atoms. The Morgan fingerprint density at radius 2 is 1.94 bits per heavy atom. The molecule has 0 amide bonds. The van der Waals surface area contributed by atoms with E-state index in [9.17, 15) is 0 Å². The molecule has 0 saturated heterocycles. The summed E-state index contributed by atoms with van der Waals surface area (Å²) in [7, 11) is 3.38. The monoisotopic (exact) mass is 267 g/mol. The third-order valence-corrected chi connectivity index (χ3v) is 3.45. The van der Waals surface area contributed by atoms with Crippen LogP contribution in [0.4, 0.5) is 5.95 Å². The summed E-state index contributed by atoms with van der Waals surface area (Å²) in [5, 5.41) is 2.03. The molecule has 0 fully saturated rings. The first kappa shape index (κ1) is 13.2. The lowest BCUT2D eigenvalue weighted by molar-refractivity contribution is 0.189. The van der Waals surface area contributed by atoms with Crippen molar-refractivity contribution in [2.45, 2.75) is 0 Å². The Hall–Kier alpha value is -1.24. The molecule has 2 aromatic heterocycles. The molecule has 98 valence electrons. The molecule has 0 bridgehead atoms. The molecule has 2 rings (SSSR count). The summed E-state index contributed by atoms with van der Waals surface area (Å²) in [6.07, 6.45) is 1.87. The van der Waals surface area contributed by atoms with Crippen LogP contribution in [0.25, 0.3) is 10.2 Å². The number of methoxy groups -OCH3 is 2. The zero-order chi connectivity index (χ0) is 12.8. The first-order chi connectivity index (χ1) is 8.85. The molecule has 5 nitrogen and oxygen atoms in total. The van der Waals surface area contributed by atoms with Crippen LogP contribution in [0, 0.1) is 0 Å². The Bertz CT molecular complexity index is 481. The van der Waals surface area contributed by atoms with E-state index in [1.54, 1.807) is 25.6 Å². The fourth-order valence-corrected chi connectivity index (χ4v) is 2.31. The quantitative estimate of drug-likeness (QED) is 0.765. The van der Waals surface area contributed by atoms with E-state index in [1.807, 2.05) is 17.6 Å². The first-order valence-corrected chi connectivity index (χ1v) is 6.66. The maximum absolute atomic E-state index is 5.11. The van der Waals surface area contributed by atoms with Crippen LogP contribution in [0.2, 0.25) is 0 Å². The van der Waals surface area contributed by atoms with Crippen LogP contribution in [0.3, 0.4) is 0 Å². The normalized spacial score (nSPS) is 11.0. The Morgan fingerprint density at radius 3 is 2.61 bits per heavy atom. The molecule has 2 aromatic rings. The molecule has 0 radical (unpaired) electrons. The lowest BCUT2D eigenvalue weighted by Gasteiger charge is -2.21. The Balaban J connectivity index is 2.16. The van der Waals surface area contributed by atoms with Crippen molar-refractivity contribution in [1.82, 2.24) is 9.97 Å². The molecule has 0 aliphatic carbocycles. The molecular weight excluding hydrogens is 250 g/mol. The van der Waals surface area contributed by atoms with Crippen molar-refractivity contribution < 1.29 is 9.47 Å². The molecule has 0 N–H and O–H groups in total. The standard InChI is InChI=1S/C12H17N3O2S/c1-16-6-4-15(5-7-17-2)12-13-9-11-10(14-12)3-8-18-11/h3,8-9H,4-7H2,1-2H3. The van der Waals surface area contributed by atoms with Crippen molar-refractivity contribution in [3.8, 4) is 0 Å². The van der Waals surface area contributed by atoms with Gasteiger partial charge in [-0.3, -0.25) is 0 Å². The second-order valence-corrected chi connectivity index (χ2v) is 4.76. The van der Waals surface area contributed by atoms with Gasteiger partial charge < -0.3 is 14.4 Å². The number of rotatable bonds is 7. The predicted molar refractivity (Wildman–Crippen MR) is 73.4 cm³/mol. The smallest absolute Gasteiger partial charge is 0.226 e. The van der Waals surface area contributed by atoms with Gasteiger partial charge in [0.25, 0.3) is 0 Å². The lowest BCUT2D eigenvalue weighted by atomic mass is 10.4. The zero-order valence-electron chi connectivity index (χ0n) is 10.6. The topological polar surface area (TPSA) is 47.5 Å². The highest BCUT2D eigenvalue weighted by atomic mass is 32.1. The van der Waals surface area contributed by atoms with Crippen LogP contribution in [0.1, 0.15) is 0 Å². The molecule has 0 atom stereocenters. The SMILES string of the molecule is COCCN(CCOC)c1ncc2sccc2n1. The van der Waals surface area contributed by atoms with Gasteiger partial charge in [-0.1, -0.05) is 0 Å². The summed E-state index contributed by atoms with van der Waals surface area (Å²) < 4.78 is 11.3. The summed E-state index contributed by atoms with van der Waals surface area (Å²) in [6, 6.07) is 2.01. The average Bonchev–Trinajstić information content (AvgIpc) is 2.86. The minimum Gasteiger partial charge on any atom is -0.383 e. The number of nitrogens with zero attached hydrogens (tertiary/aromatic N) is 3. The molecule has 0 aromatic carbocycles.